The molecular formula is C7H12N2O3S2. The van der Waals surface area contributed by atoms with Gasteiger partial charge >= 0.3 is 10.1 Å². The zero-order valence-corrected chi connectivity index (χ0v) is 9.25. The van der Waals surface area contributed by atoms with E-state index in [1.165, 1.54) is 18.7 Å². The molecule has 5 nitrogen and oxygen atoms in total. The zero-order valence-electron chi connectivity index (χ0n) is 7.54. The van der Waals surface area contributed by atoms with E-state index in [1.54, 1.807) is 0 Å². The Morgan fingerprint density at radius 3 is 2.79 bits per heavy atom. The molecular weight excluding hydrogens is 224 g/mol. The third kappa shape index (κ3) is 4.01. The van der Waals surface area contributed by atoms with Crippen molar-refractivity contribution < 1.29 is 12.7 Å². The van der Waals surface area contributed by atoms with Crippen molar-refractivity contribution in [3.63, 3.8) is 0 Å². The molecule has 0 spiro atoms. The second-order valence-electron chi connectivity index (χ2n) is 2.69. The van der Waals surface area contributed by atoms with Crippen molar-refractivity contribution in [2.75, 3.05) is 11.5 Å². The average molecular weight is 236 g/mol. The molecule has 0 aromatic carbocycles. The van der Waals surface area contributed by atoms with Crippen molar-refractivity contribution in [1.82, 2.24) is 9.71 Å². The van der Waals surface area contributed by atoms with Crippen molar-refractivity contribution in [3.8, 4) is 0 Å². The number of imidazole rings is 1. The maximum atomic E-state index is 11.3. The number of nitrogens with zero attached hydrogens (tertiary/aromatic N) is 2. The number of hydrogen-bond donors (Lipinski definition) is 1. The second kappa shape index (κ2) is 5.26. The van der Waals surface area contributed by atoms with E-state index in [-0.39, 0.29) is 5.75 Å². The number of thiol groups is 1. The smallest absolute Gasteiger partial charge is 0.286 e. The fourth-order valence-corrected chi connectivity index (χ4v) is 2.06. The molecule has 0 aliphatic rings. The lowest BCUT2D eigenvalue weighted by atomic mass is 10.4. The summed E-state index contributed by atoms with van der Waals surface area (Å²) in [5, 5.41) is 0. The quantitative estimate of drug-likeness (QED) is 0.572. The van der Waals surface area contributed by atoms with E-state index in [0.717, 1.165) is 11.2 Å². The van der Waals surface area contributed by atoms with Gasteiger partial charge in [-0.25, -0.2) is 4.98 Å². The van der Waals surface area contributed by atoms with Gasteiger partial charge < -0.3 is 0 Å². The van der Waals surface area contributed by atoms with Crippen molar-refractivity contribution in [1.29, 1.82) is 0 Å². The average Bonchev–Trinajstić information content (AvgIpc) is 2.56. The van der Waals surface area contributed by atoms with Crippen LogP contribution in [-0.4, -0.2) is 29.6 Å². The first kappa shape index (κ1) is 11.4. The molecule has 0 fully saturated rings. The molecule has 0 aliphatic heterocycles. The van der Waals surface area contributed by atoms with Crippen LogP contribution in [0.3, 0.4) is 0 Å². The van der Waals surface area contributed by atoms with Crippen LogP contribution in [-0.2, 0) is 10.1 Å². The maximum Gasteiger partial charge on any atom is 0.327 e. The summed E-state index contributed by atoms with van der Waals surface area (Å²) in [4.78, 5) is 3.66. The van der Waals surface area contributed by atoms with Gasteiger partial charge in [-0.15, -0.1) is 0 Å². The van der Waals surface area contributed by atoms with E-state index in [2.05, 4.69) is 21.9 Å². The minimum atomic E-state index is -3.49. The van der Waals surface area contributed by atoms with Gasteiger partial charge in [0.25, 0.3) is 0 Å². The molecule has 1 rings (SSSR count). The monoisotopic (exact) mass is 236 g/mol. The lowest BCUT2D eigenvalue weighted by molar-refractivity contribution is 0.278. The SMILES string of the molecule is O=S(=O)(CCCCS)On1ccnc1. The summed E-state index contributed by atoms with van der Waals surface area (Å²) in [5.74, 6) is 0.687. The predicted octanol–water partition coefficient (Wildman–Crippen LogP) is 0.352. The van der Waals surface area contributed by atoms with Gasteiger partial charge in [-0.1, -0.05) is 0 Å². The topological polar surface area (TPSA) is 61.2 Å². The molecule has 0 aliphatic carbocycles. The predicted molar refractivity (Wildman–Crippen MR) is 55.7 cm³/mol. The second-order valence-corrected chi connectivity index (χ2v) is 4.81. The normalized spacial score (nSPS) is 11.5. The van der Waals surface area contributed by atoms with E-state index in [9.17, 15) is 8.42 Å². The first-order valence-electron chi connectivity index (χ1n) is 4.15. The van der Waals surface area contributed by atoms with E-state index in [4.69, 9.17) is 0 Å². The molecule has 7 heteroatoms. The third-order valence-electron chi connectivity index (χ3n) is 1.48. The lowest BCUT2D eigenvalue weighted by Crippen LogP contribution is -2.21. The highest BCUT2D eigenvalue weighted by Crippen LogP contribution is 1.98. The minimum absolute atomic E-state index is 0.00569. The van der Waals surface area contributed by atoms with Crippen LogP contribution in [0.2, 0.25) is 0 Å². The van der Waals surface area contributed by atoms with E-state index in [1.807, 2.05) is 0 Å². The van der Waals surface area contributed by atoms with Gasteiger partial charge in [-0.2, -0.15) is 25.8 Å². The molecule has 0 bridgehead atoms. The molecule has 0 saturated heterocycles. The Balaban J connectivity index is 2.42. The molecule has 0 unspecified atom stereocenters. The largest absolute Gasteiger partial charge is 0.327 e. The lowest BCUT2D eigenvalue weighted by Gasteiger charge is -2.04. The van der Waals surface area contributed by atoms with Crippen LogP contribution in [0.15, 0.2) is 18.7 Å². The summed E-state index contributed by atoms with van der Waals surface area (Å²) in [6, 6.07) is 0. The summed E-state index contributed by atoms with van der Waals surface area (Å²) in [6.07, 6.45) is 5.48. The number of hydrogen-bond acceptors (Lipinski definition) is 5. The first-order chi connectivity index (χ1) is 6.64. The number of unbranched alkanes of at least 4 members (excludes halogenated alkanes) is 1. The highest BCUT2D eigenvalue weighted by Gasteiger charge is 2.11. The molecule has 1 aromatic heterocycles. The fraction of sp³-hybridized carbons (Fsp3) is 0.571. The van der Waals surface area contributed by atoms with Gasteiger partial charge in [0.1, 0.15) is 6.33 Å². The summed E-state index contributed by atoms with van der Waals surface area (Å²) >= 11 is 3.99. The maximum absolute atomic E-state index is 11.3. The summed E-state index contributed by atoms with van der Waals surface area (Å²) in [5.41, 5.74) is 0. The zero-order chi connectivity index (χ0) is 10.4. The van der Waals surface area contributed by atoms with E-state index >= 15 is 0 Å². The minimum Gasteiger partial charge on any atom is -0.286 e. The third-order valence-corrected chi connectivity index (χ3v) is 2.99. The molecule has 0 saturated carbocycles. The fourth-order valence-electron chi connectivity index (χ4n) is 0.850. The van der Waals surface area contributed by atoms with Gasteiger partial charge in [0.15, 0.2) is 0 Å². The van der Waals surface area contributed by atoms with E-state index in [0.29, 0.717) is 12.2 Å². The summed E-state index contributed by atoms with van der Waals surface area (Å²) in [7, 11) is -3.49. The van der Waals surface area contributed by atoms with Crippen molar-refractivity contribution in [3.05, 3.63) is 18.7 Å². The Morgan fingerprint density at radius 1 is 1.43 bits per heavy atom. The van der Waals surface area contributed by atoms with Crippen molar-refractivity contribution in [2.24, 2.45) is 0 Å². The molecule has 0 atom stereocenters. The van der Waals surface area contributed by atoms with Crippen LogP contribution >= 0.6 is 12.6 Å². The highest BCUT2D eigenvalue weighted by atomic mass is 32.2. The Kier molecular flexibility index (Phi) is 4.27. The van der Waals surface area contributed by atoms with Gasteiger partial charge in [-0.3, -0.25) is 4.28 Å². The first-order valence-corrected chi connectivity index (χ1v) is 6.36. The van der Waals surface area contributed by atoms with Gasteiger partial charge in [0.2, 0.25) is 0 Å². The van der Waals surface area contributed by atoms with Gasteiger partial charge in [-0.05, 0) is 18.6 Å². The Labute approximate surface area is 88.6 Å². The molecule has 14 heavy (non-hydrogen) atoms. The number of aromatic nitrogens is 2. The Hall–Kier alpha value is -0.690. The van der Waals surface area contributed by atoms with E-state index < -0.39 is 10.1 Å². The molecule has 80 valence electrons. The summed E-state index contributed by atoms with van der Waals surface area (Å²) in [6.45, 7) is 0. The molecule has 0 radical (unpaired) electrons. The van der Waals surface area contributed by atoms with Crippen molar-refractivity contribution in [2.45, 2.75) is 12.8 Å². The van der Waals surface area contributed by atoms with Crippen LogP contribution in [0, 0.1) is 0 Å². The molecule has 0 N–H and O–H groups in total. The van der Waals surface area contributed by atoms with Crippen molar-refractivity contribution >= 4 is 22.7 Å². The highest BCUT2D eigenvalue weighted by molar-refractivity contribution is 7.86. The molecule has 1 aromatic rings. The van der Waals surface area contributed by atoms with Crippen LogP contribution in [0.25, 0.3) is 0 Å². The van der Waals surface area contributed by atoms with Gasteiger partial charge in [0, 0.05) is 6.20 Å². The van der Waals surface area contributed by atoms with Crippen LogP contribution in [0.1, 0.15) is 12.8 Å². The Morgan fingerprint density at radius 2 is 2.21 bits per heavy atom. The van der Waals surface area contributed by atoms with Crippen LogP contribution in [0.4, 0.5) is 0 Å². The Bertz CT molecular complexity index is 347. The standard InChI is InChI=1S/C7H12N2O3S2/c10-14(11,6-2-1-5-13)12-9-4-3-8-7-9/h3-4,7,13H,1-2,5-6H2. The number of rotatable bonds is 6. The van der Waals surface area contributed by atoms with Gasteiger partial charge in [0.05, 0.1) is 11.9 Å². The summed E-state index contributed by atoms with van der Waals surface area (Å²) < 4.78 is 28.3. The van der Waals surface area contributed by atoms with Crippen LogP contribution in [0.5, 0.6) is 0 Å². The van der Waals surface area contributed by atoms with Crippen LogP contribution < -0.4 is 4.28 Å². The molecule has 1 heterocycles. The molecule has 0 amide bonds.